The summed E-state index contributed by atoms with van der Waals surface area (Å²) < 4.78 is 0. The Bertz CT molecular complexity index is 838. The number of carbonyl (C=O) groups is 1. The first kappa shape index (κ1) is 14.2. The summed E-state index contributed by atoms with van der Waals surface area (Å²) in [6, 6.07) is 20.6. The average Bonchev–Trinajstić information content (AvgIpc) is 3.23. The Labute approximate surface area is 139 Å². The van der Waals surface area contributed by atoms with Gasteiger partial charge >= 0.3 is 0 Å². The molecule has 3 aromatic rings. The van der Waals surface area contributed by atoms with Crippen LogP contribution >= 0.6 is 11.3 Å². The molecule has 3 heteroatoms. The summed E-state index contributed by atoms with van der Waals surface area (Å²) in [6.07, 6.45) is 2.02. The first-order valence-electron chi connectivity index (χ1n) is 7.84. The second kappa shape index (κ2) is 6.01. The highest BCUT2D eigenvalue weighted by atomic mass is 32.1. The van der Waals surface area contributed by atoms with Crippen LogP contribution in [0, 0.1) is 0 Å². The largest absolute Gasteiger partial charge is 0.344 e. The van der Waals surface area contributed by atoms with Gasteiger partial charge in [0.05, 0.1) is 10.9 Å². The standard InChI is InChI=1S/C20H17NOS/c22-20(21-18-11-10-15-8-4-5-9-16(15)18)19-17(12-13-23-19)14-6-2-1-3-7-14/h1-9,12-13,18H,10-11H2,(H,21,22)/t18-/m0/s1. The Morgan fingerprint density at radius 2 is 1.78 bits per heavy atom. The number of hydrogen-bond acceptors (Lipinski definition) is 2. The first-order valence-corrected chi connectivity index (χ1v) is 8.72. The Kier molecular flexibility index (Phi) is 3.72. The van der Waals surface area contributed by atoms with E-state index in [-0.39, 0.29) is 11.9 Å². The highest BCUT2D eigenvalue weighted by Gasteiger charge is 2.25. The van der Waals surface area contributed by atoms with Gasteiger partial charge in [-0.3, -0.25) is 4.79 Å². The molecule has 1 aliphatic rings. The summed E-state index contributed by atoms with van der Waals surface area (Å²) in [4.78, 5) is 13.6. The molecule has 1 N–H and O–H groups in total. The molecule has 0 saturated carbocycles. The van der Waals surface area contributed by atoms with Gasteiger partial charge in [-0.15, -0.1) is 11.3 Å². The lowest BCUT2D eigenvalue weighted by Gasteiger charge is -2.14. The van der Waals surface area contributed by atoms with Gasteiger partial charge in [-0.05, 0) is 41.0 Å². The molecule has 2 aromatic carbocycles. The van der Waals surface area contributed by atoms with Gasteiger partial charge in [0.25, 0.3) is 5.91 Å². The van der Waals surface area contributed by atoms with Gasteiger partial charge in [0.2, 0.25) is 0 Å². The molecule has 2 nitrogen and oxygen atoms in total. The molecular weight excluding hydrogens is 302 g/mol. The Hall–Kier alpha value is -2.39. The number of amides is 1. The van der Waals surface area contributed by atoms with E-state index in [1.807, 2.05) is 47.8 Å². The smallest absolute Gasteiger partial charge is 0.262 e. The minimum Gasteiger partial charge on any atom is -0.344 e. The average molecular weight is 319 g/mol. The fraction of sp³-hybridized carbons (Fsp3) is 0.150. The van der Waals surface area contributed by atoms with E-state index in [0.717, 1.165) is 28.8 Å². The monoisotopic (exact) mass is 319 g/mol. The Morgan fingerprint density at radius 3 is 2.65 bits per heavy atom. The van der Waals surface area contributed by atoms with Crippen LogP contribution in [-0.4, -0.2) is 5.91 Å². The van der Waals surface area contributed by atoms with Crippen molar-refractivity contribution >= 4 is 17.2 Å². The van der Waals surface area contributed by atoms with Crippen molar-refractivity contribution in [1.29, 1.82) is 0 Å². The van der Waals surface area contributed by atoms with Crippen LogP contribution in [0.2, 0.25) is 0 Å². The molecule has 0 radical (unpaired) electrons. The number of carbonyl (C=O) groups excluding carboxylic acids is 1. The molecule has 114 valence electrons. The fourth-order valence-electron chi connectivity index (χ4n) is 3.26. The van der Waals surface area contributed by atoms with Crippen molar-refractivity contribution in [3.63, 3.8) is 0 Å². The van der Waals surface area contributed by atoms with E-state index in [9.17, 15) is 4.79 Å². The summed E-state index contributed by atoms with van der Waals surface area (Å²) in [5.41, 5.74) is 4.72. The maximum atomic E-state index is 12.8. The number of benzene rings is 2. The zero-order valence-electron chi connectivity index (χ0n) is 12.7. The van der Waals surface area contributed by atoms with Crippen molar-refractivity contribution < 1.29 is 4.79 Å². The third-order valence-corrected chi connectivity index (χ3v) is 5.31. The summed E-state index contributed by atoms with van der Waals surface area (Å²) in [5, 5.41) is 5.21. The van der Waals surface area contributed by atoms with E-state index in [0.29, 0.717) is 0 Å². The summed E-state index contributed by atoms with van der Waals surface area (Å²) in [5.74, 6) is 0.0283. The molecule has 4 rings (SSSR count). The van der Waals surface area contributed by atoms with Gasteiger partial charge < -0.3 is 5.32 Å². The van der Waals surface area contributed by atoms with Gasteiger partial charge in [-0.2, -0.15) is 0 Å². The van der Waals surface area contributed by atoms with Crippen LogP contribution in [0.25, 0.3) is 11.1 Å². The van der Waals surface area contributed by atoms with Crippen LogP contribution in [0.1, 0.15) is 33.3 Å². The van der Waals surface area contributed by atoms with Crippen LogP contribution < -0.4 is 5.32 Å². The molecule has 0 aliphatic heterocycles. The third-order valence-electron chi connectivity index (χ3n) is 4.39. The second-order valence-corrected chi connectivity index (χ2v) is 6.71. The number of rotatable bonds is 3. The second-order valence-electron chi connectivity index (χ2n) is 5.79. The summed E-state index contributed by atoms with van der Waals surface area (Å²) in [7, 11) is 0. The number of nitrogens with one attached hydrogen (secondary N) is 1. The zero-order chi connectivity index (χ0) is 15.6. The molecule has 0 unspecified atom stereocenters. The van der Waals surface area contributed by atoms with Crippen molar-refractivity contribution in [2.45, 2.75) is 18.9 Å². The lowest BCUT2D eigenvalue weighted by atomic mass is 10.1. The van der Waals surface area contributed by atoms with E-state index in [2.05, 4.69) is 23.5 Å². The molecule has 1 heterocycles. The highest BCUT2D eigenvalue weighted by Crippen LogP contribution is 2.33. The first-order chi connectivity index (χ1) is 11.3. The molecule has 1 amide bonds. The van der Waals surface area contributed by atoms with E-state index in [4.69, 9.17) is 0 Å². The predicted molar refractivity (Wildman–Crippen MR) is 94.7 cm³/mol. The van der Waals surface area contributed by atoms with Gasteiger partial charge in [0, 0.05) is 5.56 Å². The molecule has 1 atom stereocenters. The lowest BCUT2D eigenvalue weighted by molar-refractivity contribution is 0.0941. The number of thiophene rings is 1. The quantitative estimate of drug-likeness (QED) is 0.736. The molecule has 1 aromatic heterocycles. The van der Waals surface area contributed by atoms with Crippen molar-refractivity contribution in [2.24, 2.45) is 0 Å². The fourth-order valence-corrected chi connectivity index (χ4v) is 4.08. The maximum absolute atomic E-state index is 12.8. The predicted octanol–water partition coefficient (Wildman–Crippen LogP) is 4.83. The van der Waals surface area contributed by atoms with Crippen LogP contribution in [-0.2, 0) is 6.42 Å². The minimum atomic E-state index is 0.0283. The van der Waals surface area contributed by atoms with Gasteiger partial charge in [-0.25, -0.2) is 0 Å². The van der Waals surface area contributed by atoms with Crippen LogP contribution in [0.3, 0.4) is 0 Å². The molecule has 0 spiro atoms. The van der Waals surface area contributed by atoms with E-state index in [1.54, 1.807) is 0 Å². The zero-order valence-corrected chi connectivity index (χ0v) is 13.5. The van der Waals surface area contributed by atoms with Gasteiger partial charge in [-0.1, -0.05) is 54.6 Å². The molecular formula is C20H17NOS. The van der Waals surface area contributed by atoms with Gasteiger partial charge in [0.1, 0.15) is 0 Å². The van der Waals surface area contributed by atoms with Crippen molar-refractivity contribution in [2.75, 3.05) is 0 Å². The molecule has 1 aliphatic carbocycles. The number of hydrogen-bond donors (Lipinski definition) is 1. The highest BCUT2D eigenvalue weighted by molar-refractivity contribution is 7.12. The van der Waals surface area contributed by atoms with Gasteiger partial charge in [0.15, 0.2) is 0 Å². The third kappa shape index (κ3) is 2.68. The normalized spacial score (nSPS) is 16.1. The topological polar surface area (TPSA) is 29.1 Å². The lowest BCUT2D eigenvalue weighted by Crippen LogP contribution is -2.26. The van der Waals surface area contributed by atoms with Crippen molar-refractivity contribution in [3.8, 4) is 11.1 Å². The maximum Gasteiger partial charge on any atom is 0.262 e. The summed E-state index contributed by atoms with van der Waals surface area (Å²) in [6.45, 7) is 0. The van der Waals surface area contributed by atoms with Crippen molar-refractivity contribution in [1.82, 2.24) is 5.32 Å². The Morgan fingerprint density at radius 1 is 1.00 bits per heavy atom. The van der Waals surface area contributed by atoms with Crippen LogP contribution in [0.4, 0.5) is 0 Å². The van der Waals surface area contributed by atoms with Crippen LogP contribution in [0.5, 0.6) is 0 Å². The molecule has 0 saturated heterocycles. The number of fused-ring (bicyclic) bond motifs is 1. The SMILES string of the molecule is O=C(N[C@H]1CCc2ccccc21)c1sccc1-c1ccccc1. The van der Waals surface area contributed by atoms with E-state index >= 15 is 0 Å². The summed E-state index contributed by atoms with van der Waals surface area (Å²) >= 11 is 1.51. The van der Waals surface area contributed by atoms with E-state index in [1.165, 1.54) is 22.5 Å². The molecule has 0 fully saturated rings. The molecule has 23 heavy (non-hydrogen) atoms. The minimum absolute atomic E-state index is 0.0283. The van der Waals surface area contributed by atoms with E-state index < -0.39 is 0 Å². The molecule has 0 bridgehead atoms. The van der Waals surface area contributed by atoms with Crippen molar-refractivity contribution in [3.05, 3.63) is 82.0 Å². The Balaban J connectivity index is 1.59. The number of aryl methyl sites for hydroxylation is 1. The van der Waals surface area contributed by atoms with Crippen LogP contribution in [0.15, 0.2) is 66.0 Å².